The number of anilines is 8. The number of hydrogen-bond donors (Lipinski definition) is 0. The molecule has 1 fully saturated rings. The van der Waals surface area contributed by atoms with E-state index in [1.54, 1.807) is 0 Å². The summed E-state index contributed by atoms with van der Waals surface area (Å²) in [4.78, 5) is 8.32. The first-order chi connectivity index (χ1) is 37.1. The summed E-state index contributed by atoms with van der Waals surface area (Å²) in [5.41, 5.74) is 32.1. The lowest BCUT2D eigenvalue weighted by atomic mass is 9.33. The number of hydrogen-bond acceptors (Lipinski definition) is 3. The van der Waals surface area contributed by atoms with E-state index in [1.165, 1.54) is 180 Å². The van der Waals surface area contributed by atoms with Crippen molar-refractivity contribution in [2.75, 3.05) is 14.7 Å². The molecule has 0 amide bonds. The second kappa shape index (κ2) is 16.1. The number of benzene rings is 7. The van der Waals surface area contributed by atoms with E-state index in [2.05, 4.69) is 248 Å². The molecule has 7 aromatic rings. The van der Waals surface area contributed by atoms with Gasteiger partial charge in [0.05, 0.1) is 5.54 Å². The largest absolute Gasteiger partial charge is 0.334 e. The van der Waals surface area contributed by atoms with E-state index in [4.69, 9.17) is 0 Å². The second-order valence-electron chi connectivity index (χ2n) is 30.8. The molecule has 4 aliphatic carbocycles. The Balaban J connectivity index is 1.07. The summed E-state index contributed by atoms with van der Waals surface area (Å²) >= 11 is 0. The van der Waals surface area contributed by atoms with Gasteiger partial charge in [-0.25, -0.2) is 0 Å². The number of fused-ring (bicyclic) bond motifs is 12. The Hall–Kier alpha value is -6.00. The van der Waals surface area contributed by atoms with Crippen LogP contribution in [0.4, 0.5) is 45.5 Å². The summed E-state index contributed by atoms with van der Waals surface area (Å²) in [7, 11) is 0. The van der Waals surface area contributed by atoms with Gasteiger partial charge in [0.2, 0.25) is 0 Å². The fraction of sp³-hybridized carbons (Fsp3) is 0.440. The maximum atomic E-state index is 2.83. The maximum Gasteiger partial charge on any atom is 0.252 e. The molecule has 0 aromatic heterocycles. The van der Waals surface area contributed by atoms with E-state index in [-0.39, 0.29) is 50.2 Å². The third-order valence-electron chi connectivity index (χ3n) is 22.6. The lowest BCUT2D eigenvalue weighted by molar-refractivity contribution is 0.195. The summed E-state index contributed by atoms with van der Waals surface area (Å²) in [6, 6.07) is 47.7. The standard InChI is InChI=1S/C75H86BN3/c1-45-36-65-67-66(37-45)78(62-43-56-54(38-46(62)2)69(6,7)32-34-71(56,10)11)63-41-49(79-61-29-24-47(68(3,4)5)39-58(61)74(16)30-20-21-31-75(74,79)17)26-28-59(63)76(67)60-42-55-57(72(12,13)35-33-70(55,8)9)44-64(60)77(65)48-25-27-51-50-22-18-19-23-52(50)73(14,15)53(51)40-48/h18-19,22-29,36-44H,20-21,30-35H2,1-17H3. The Morgan fingerprint density at radius 1 is 0.418 bits per heavy atom. The van der Waals surface area contributed by atoms with E-state index in [0.717, 1.165) is 0 Å². The van der Waals surface area contributed by atoms with Gasteiger partial charge >= 0.3 is 0 Å². The normalized spacial score (nSPS) is 23.6. The van der Waals surface area contributed by atoms with Crippen molar-refractivity contribution in [2.24, 2.45) is 0 Å². The second-order valence-corrected chi connectivity index (χ2v) is 30.8. The third-order valence-corrected chi connectivity index (χ3v) is 22.6. The van der Waals surface area contributed by atoms with Gasteiger partial charge in [-0.1, -0.05) is 170 Å². The lowest BCUT2D eigenvalue weighted by Gasteiger charge is -2.51. The van der Waals surface area contributed by atoms with Crippen LogP contribution in [0.5, 0.6) is 0 Å². The molecule has 404 valence electrons. The zero-order valence-corrected chi connectivity index (χ0v) is 51.0. The van der Waals surface area contributed by atoms with Crippen LogP contribution >= 0.6 is 0 Å². The smallest absolute Gasteiger partial charge is 0.252 e. The molecule has 1 saturated carbocycles. The van der Waals surface area contributed by atoms with Gasteiger partial charge in [-0.2, -0.15) is 0 Å². The highest BCUT2D eigenvalue weighted by Gasteiger charge is 2.58. The molecule has 2 atom stereocenters. The molecular weight excluding hydrogens is 954 g/mol. The molecule has 7 aliphatic rings. The predicted octanol–water partition coefficient (Wildman–Crippen LogP) is 18.4. The molecule has 3 aliphatic heterocycles. The molecule has 2 unspecified atom stereocenters. The molecule has 14 rings (SSSR count). The minimum Gasteiger partial charge on any atom is -0.334 e. The van der Waals surface area contributed by atoms with Crippen molar-refractivity contribution < 1.29 is 0 Å². The van der Waals surface area contributed by atoms with Gasteiger partial charge in [-0.15, -0.1) is 0 Å². The summed E-state index contributed by atoms with van der Waals surface area (Å²) in [6.07, 6.45) is 9.60. The van der Waals surface area contributed by atoms with Crippen LogP contribution < -0.4 is 31.1 Å². The third kappa shape index (κ3) is 6.91. The Morgan fingerprint density at radius 2 is 0.987 bits per heavy atom. The Morgan fingerprint density at radius 3 is 1.66 bits per heavy atom. The van der Waals surface area contributed by atoms with E-state index in [9.17, 15) is 0 Å². The molecule has 3 nitrogen and oxygen atoms in total. The highest BCUT2D eigenvalue weighted by atomic mass is 15.3. The molecule has 79 heavy (non-hydrogen) atoms. The Bertz CT molecular complexity index is 3800. The van der Waals surface area contributed by atoms with Crippen LogP contribution in [0.1, 0.15) is 211 Å². The van der Waals surface area contributed by atoms with Crippen molar-refractivity contribution in [3.05, 3.63) is 171 Å². The molecule has 0 radical (unpaired) electrons. The van der Waals surface area contributed by atoms with Crippen LogP contribution in [0.2, 0.25) is 0 Å². The van der Waals surface area contributed by atoms with Crippen molar-refractivity contribution in [3.8, 4) is 11.1 Å². The fourth-order valence-electron chi connectivity index (χ4n) is 17.2. The molecule has 0 bridgehead atoms. The molecule has 0 saturated heterocycles. The SMILES string of the molecule is Cc1cc2c3c(c1)N(c1cc4c(cc1C)C(C)(C)CCC4(C)C)c1cc(N4c5ccc(C(C)(C)C)cc5C5(C)CCCCC45C)ccc1B3c1cc3c(cc1N2c1ccc2c(c1)C(C)(C)c1ccccc1-2)C(C)(C)CCC3(C)C. The van der Waals surface area contributed by atoms with Gasteiger partial charge < -0.3 is 14.7 Å². The number of nitrogens with zero attached hydrogens (tertiary/aromatic N) is 3. The lowest BCUT2D eigenvalue weighted by Crippen LogP contribution is -2.62. The van der Waals surface area contributed by atoms with Crippen LogP contribution in [-0.4, -0.2) is 12.3 Å². The van der Waals surface area contributed by atoms with Gasteiger partial charge in [0.1, 0.15) is 0 Å². The number of aryl methyl sites for hydroxylation is 2. The highest BCUT2D eigenvalue weighted by Crippen LogP contribution is 2.62. The fourth-order valence-corrected chi connectivity index (χ4v) is 17.2. The molecule has 0 spiro atoms. The van der Waals surface area contributed by atoms with Crippen LogP contribution in [0.3, 0.4) is 0 Å². The summed E-state index contributed by atoms with van der Waals surface area (Å²) in [5, 5.41) is 0. The van der Waals surface area contributed by atoms with Gasteiger partial charge in [0.15, 0.2) is 0 Å². The summed E-state index contributed by atoms with van der Waals surface area (Å²) < 4.78 is 0. The van der Waals surface area contributed by atoms with Gasteiger partial charge in [-0.3, -0.25) is 0 Å². The molecule has 4 heteroatoms. The van der Waals surface area contributed by atoms with Crippen molar-refractivity contribution in [1.82, 2.24) is 0 Å². The van der Waals surface area contributed by atoms with E-state index in [0.29, 0.717) is 0 Å². The number of rotatable bonds is 3. The Kier molecular flexibility index (Phi) is 10.5. The predicted molar refractivity (Wildman–Crippen MR) is 340 cm³/mol. The zero-order valence-electron chi connectivity index (χ0n) is 51.0. The summed E-state index contributed by atoms with van der Waals surface area (Å²) in [5.74, 6) is 0. The van der Waals surface area contributed by atoms with E-state index in [1.807, 2.05) is 0 Å². The monoisotopic (exact) mass is 1040 g/mol. The molecule has 0 N–H and O–H groups in total. The van der Waals surface area contributed by atoms with Crippen molar-refractivity contribution >= 4 is 68.6 Å². The average molecular weight is 1040 g/mol. The topological polar surface area (TPSA) is 9.72 Å². The zero-order chi connectivity index (χ0) is 55.7. The van der Waals surface area contributed by atoms with Crippen molar-refractivity contribution in [3.63, 3.8) is 0 Å². The first kappa shape index (κ1) is 51.2. The highest BCUT2D eigenvalue weighted by molar-refractivity contribution is 7.00. The van der Waals surface area contributed by atoms with Gasteiger partial charge in [0, 0.05) is 56.3 Å². The summed E-state index contributed by atoms with van der Waals surface area (Å²) in [6.45, 7) is 42.0. The maximum absolute atomic E-state index is 2.83. The molecular formula is C75H86BN3. The van der Waals surface area contributed by atoms with Crippen LogP contribution in [0.15, 0.2) is 115 Å². The van der Waals surface area contributed by atoms with E-state index < -0.39 is 0 Å². The van der Waals surface area contributed by atoms with Crippen LogP contribution in [0, 0.1) is 13.8 Å². The minimum atomic E-state index is -0.131. The van der Waals surface area contributed by atoms with Gasteiger partial charge in [-0.05, 0) is 224 Å². The van der Waals surface area contributed by atoms with E-state index >= 15 is 0 Å². The molecule has 3 heterocycles. The van der Waals surface area contributed by atoms with Crippen LogP contribution in [0.25, 0.3) is 11.1 Å². The first-order valence-electron chi connectivity index (χ1n) is 30.5. The molecule has 7 aromatic carbocycles. The van der Waals surface area contributed by atoms with Crippen molar-refractivity contribution in [1.29, 1.82) is 0 Å². The minimum absolute atomic E-state index is 0.0162. The van der Waals surface area contributed by atoms with Crippen LogP contribution in [-0.2, 0) is 37.9 Å². The Labute approximate surface area is 475 Å². The quantitative estimate of drug-likeness (QED) is 0.163. The van der Waals surface area contributed by atoms with Gasteiger partial charge in [0.25, 0.3) is 6.71 Å². The first-order valence-corrected chi connectivity index (χ1v) is 30.5. The van der Waals surface area contributed by atoms with Crippen molar-refractivity contribution in [2.45, 2.75) is 213 Å². The average Bonchev–Trinajstić information content (AvgIpc) is 3.97.